The molecule has 6 atom stereocenters. The van der Waals surface area contributed by atoms with Crippen molar-refractivity contribution < 1.29 is 31.9 Å². The fourth-order valence-corrected chi connectivity index (χ4v) is 7.75. The van der Waals surface area contributed by atoms with Crippen molar-refractivity contribution in [1.29, 1.82) is 0 Å². The maximum atomic E-state index is 15.3. The summed E-state index contributed by atoms with van der Waals surface area (Å²) in [5.41, 5.74) is -2.66. The fourth-order valence-electron chi connectivity index (χ4n) is 7.75. The van der Waals surface area contributed by atoms with Gasteiger partial charge in [0, 0.05) is 23.0 Å². The molecule has 3 nitrogen and oxygen atoms in total. The van der Waals surface area contributed by atoms with Crippen molar-refractivity contribution in [1.82, 2.24) is 0 Å². The predicted molar refractivity (Wildman–Crippen MR) is 97.7 cm³/mol. The Balaban J connectivity index is 1.74. The van der Waals surface area contributed by atoms with Gasteiger partial charge in [0.2, 0.25) is 0 Å². The highest BCUT2D eigenvalue weighted by Gasteiger charge is 2.85. The number of hydrogen-bond acceptors (Lipinski definition) is 3. The third kappa shape index (κ3) is 1.48. The highest BCUT2D eigenvalue weighted by Crippen LogP contribution is 2.81. The second-order valence-electron chi connectivity index (χ2n) is 9.17. The molecule has 2 fully saturated rings. The van der Waals surface area contributed by atoms with Gasteiger partial charge in [-0.05, 0) is 35.8 Å². The Bertz CT molecular complexity index is 1200. The maximum Gasteiger partial charge on any atom is 0.322 e. The summed E-state index contributed by atoms with van der Waals surface area (Å²) in [6.07, 6.45) is 4.84. The number of ether oxygens (including phenoxy) is 1. The van der Waals surface area contributed by atoms with E-state index < -0.39 is 69.7 Å². The molecule has 7 heteroatoms. The average Bonchev–Trinajstić information content (AvgIpc) is 3.07. The van der Waals surface area contributed by atoms with Crippen molar-refractivity contribution in [3.8, 4) is 0 Å². The van der Waals surface area contributed by atoms with E-state index in [4.69, 9.17) is 4.74 Å². The number of benzene rings is 2. The Hall–Kier alpha value is -2.96. The Morgan fingerprint density at radius 1 is 0.710 bits per heavy atom. The van der Waals surface area contributed by atoms with Gasteiger partial charge < -0.3 is 4.74 Å². The quantitative estimate of drug-likeness (QED) is 0.156. The van der Waals surface area contributed by atoms with Crippen LogP contribution in [-0.2, 0) is 14.3 Å². The highest BCUT2D eigenvalue weighted by molar-refractivity contribution is 6.07. The van der Waals surface area contributed by atoms with Crippen molar-refractivity contribution in [3.63, 3.8) is 0 Å². The standard InChI is InChI=1S/C24H14F4O3/c25-17-13-14(18(26)20(28)19(17)27)16-12-4-2-1-3-11(12)15(13)23-9-5-7-10(8-6-9)24(16,23)22(30)31-21(23)29/h1-5,7,9-10,15-16H,6,8H2/t9-,10+,15-,16+,23-,24-/m0/s1. The van der Waals surface area contributed by atoms with Gasteiger partial charge in [-0.25, -0.2) is 17.6 Å². The van der Waals surface area contributed by atoms with Gasteiger partial charge in [0.1, 0.15) is 10.8 Å². The van der Waals surface area contributed by atoms with Crippen LogP contribution >= 0.6 is 0 Å². The minimum Gasteiger partial charge on any atom is -0.392 e. The van der Waals surface area contributed by atoms with Gasteiger partial charge in [0.05, 0.1) is 0 Å². The molecule has 1 saturated heterocycles. The molecule has 0 unspecified atom stereocenters. The lowest BCUT2D eigenvalue weighted by molar-refractivity contribution is -0.161. The first-order valence-electron chi connectivity index (χ1n) is 10.3. The van der Waals surface area contributed by atoms with Crippen LogP contribution in [0.2, 0.25) is 0 Å². The first-order valence-corrected chi connectivity index (χ1v) is 10.3. The van der Waals surface area contributed by atoms with E-state index >= 15 is 8.78 Å². The van der Waals surface area contributed by atoms with E-state index in [2.05, 4.69) is 0 Å². The van der Waals surface area contributed by atoms with Gasteiger partial charge in [0.25, 0.3) is 0 Å². The highest BCUT2D eigenvalue weighted by atomic mass is 19.2. The zero-order valence-electron chi connectivity index (χ0n) is 15.9. The second kappa shape index (κ2) is 5.09. The van der Waals surface area contributed by atoms with Crippen LogP contribution in [0.25, 0.3) is 0 Å². The summed E-state index contributed by atoms with van der Waals surface area (Å²) in [6.45, 7) is 0. The van der Waals surface area contributed by atoms with Gasteiger partial charge in [-0.15, -0.1) is 0 Å². The number of halogens is 4. The van der Waals surface area contributed by atoms with E-state index in [1.165, 1.54) is 0 Å². The monoisotopic (exact) mass is 426 g/mol. The molecule has 7 aliphatic rings. The van der Waals surface area contributed by atoms with Crippen molar-refractivity contribution >= 4 is 11.9 Å². The number of rotatable bonds is 0. The van der Waals surface area contributed by atoms with E-state index in [1.54, 1.807) is 24.3 Å². The molecule has 4 bridgehead atoms. The number of cyclic esters (lactones) is 2. The van der Waals surface area contributed by atoms with Crippen LogP contribution in [0.15, 0.2) is 36.4 Å². The van der Waals surface area contributed by atoms with E-state index in [-0.39, 0.29) is 11.1 Å². The molecule has 0 N–H and O–H groups in total. The van der Waals surface area contributed by atoms with Crippen molar-refractivity contribution in [3.05, 3.63) is 81.9 Å². The topological polar surface area (TPSA) is 43.4 Å². The van der Waals surface area contributed by atoms with Gasteiger partial charge in [0.15, 0.2) is 23.3 Å². The Kier molecular flexibility index (Phi) is 2.90. The number of carbonyl (C=O) groups excluding carboxylic acids is 2. The summed E-state index contributed by atoms with van der Waals surface area (Å²) in [4.78, 5) is 26.9. The lowest BCUT2D eigenvalue weighted by Crippen LogP contribution is -2.68. The van der Waals surface area contributed by atoms with Gasteiger partial charge in [-0.1, -0.05) is 36.4 Å². The number of hydrogen-bond donors (Lipinski definition) is 0. The third-order valence-electron chi connectivity index (χ3n) is 8.53. The lowest BCUT2D eigenvalue weighted by atomic mass is 9.31. The van der Waals surface area contributed by atoms with Crippen molar-refractivity contribution in [2.45, 2.75) is 24.7 Å². The Morgan fingerprint density at radius 3 is 1.52 bits per heavy atom. The Morgan fingerprint density at radius 2 is 1.13 bits per heavy atom. The third-order valence-corrected chi connectivity index (χ3v) is 8.53. The number of allylic oxidation sites excluding steroid dienone is 2. The smallest absolute Gasteiger partial charge is 0.322 e. The maximum absolute atomic E-state index is 15.3. The van der Waals surface area contributed by atoms with Crippen molar-refractivity contribution in [2.24, 2.45) is 22.7 Å². The van der Waals surface area contributed by atoms with Gasteiger partial charge in [-0.2, -0.15) is 0 Å². The summed E-state index contributed by atoms with van der Waals surface area (Å²) in [5.74, 6) is -11.6. The molecular weight excluding hydrogens is 412 g/mol. The fraction of sp³-hybridized carbons (Fsp3) is 0.333. The summed E-state index contributed by atoms with van der Waals surface area (Å²) in [5, 5.41) is 0. The van der Waals surface area contributed by atoms with Crippen LogP contribution in [0.1, 0.15) is 46.9 Å². The molecule has 6 aliphatic carbocycles. The zero-order valence-corrected chi connectivity index (χ0v) is 15.9. The van der Waals surface area contributed by atoms with Gasteiger partial charge >= 0.3 is 11.9 Å². The minimum absolute atomic E-state index is 0.358. The molecule has 1 saturated carbocycles. The van der Waals surface area contributed by atoms with Crippen LogP contribution in [-0.4, -0.2) is 11.9 Å². The van der Waals surface area contributed by atoms with Gasteiger partial charge in [-0.3, -0.25) is 9.59 Å². The second-order valence-corrected chi connectivity index (χ2v) is 9.17. The van der Waals surface area contributed by atoms with E-state index in [1.807, 2.05) is 12.2 Å². The van der Waals surface area contributed by atoms with Crippen LogP contribution in [0.3, 0.4) is 0 Å². The van der Waals surface area contributed by atoms with Crippen LogP contribution in [0.5, 0.6) is 0 Å². The predicted octanol–water partition coefficient (Wildman–Crippen LogP) is 4.49. The van der Waals surface area contributed by atoms with Crippen LogP contribution < -0.4 is 0 Å². The largest absolute Gasteiger partial charge is 0.392 e. The number of carbonyl (C=O) groups is 2. The first kappa shape index (κ1) is 17.7. The average molecular weight is 426 g/mol. The summed E-state index contributed by atoms with van der Waals surface area (Å²) in [6, 6.07) is 6.78. The zero-order chi connectivity index (χ0) is 21.4. The number of fused-ring (bicyclic) bond motifs is 1. The molecule has 1 heterocycles. The van der Waals surface area contributed by atoms with E-state index in [0.29, 0.717) is 24.0 Å². The minimum atomic E-state index is -1.91. The molecule has 31 heavy (non-hydrogen) atoms. The van der Waals surface area contributed by atoms with Crippen molar-refractivity contribution in [2.75, 3.05) is 0 Å². The summed E-state index contributed by atoms with van der Waals surface area (Å²) >= 11 is 0. The number of esters is 2. The first-order chi connectivity index (χ1) is 14.9. The Labute approximate surface area is 173 Å². The normalized spacial score (nSPS) is 37.9. The van der Waals surface area contributed by atoms with Crippen LogP contribution in [0.4, 0.5) is 17.6 Å². The molecular formula is C24H14F4O3. The van der Waals surface area contributed by atoms with E-state index in [0.717, 1.165) is 0 Å². The lowest BCUT2D eigenvalue weighted by Gasteiger charge is -2.66. The molecule has 9 rings (SSSR count). The molecule has 1 aliphatic heterocycles. The molecule has 0 amide bonds. The molecule has 2 aromatic rings. The summed E-state index contributed by atoms with van der Waals surface area (Å²) < 4.78 is 64.7. The SMILES string of the molecule is O=C1OC(=O)[C@]23[C@H]4c5ccccc5[C@H](c5c(F)c(F)c(F)c(F)c54)[C@@]12[C@@H]1C=C[C@H]3CC1. The summed E-state index contributed by atoms with van der Waals surface area (Å²) in [7, 11) is 0. The molecule has 0 aromatic heterocycles. The molecule has 2 aromatic carbocycles. The molecule has 0 radical (unpaired) electrons. The van der Waals surface area contributed by atoms with Crippen LogP contribution in [0, 0.1) is 45.9 Å². The molecule has 156 valence electrons. The van der Waals surface area contributed by atoms with E-state index in [9.17, 15) is 18.4 Å². The molecule has 0 spiro atoms.